The van der Waals surface area contributed by atoms with Gasteiger partial charge in [0.1, 0.15) is 0 Å². The molecule has 2 rings (SSSR count). The molecule has 4 heteroatoms. The van der Waals surface area contributed by atoms with Crippen LogP contribution < -0.4 is 0 Å². The van der Waals surface area contributed by atoms with E-state index >= 15 is 0 Å². The van der Waals surface area contributed by atoms with Crippen molar-refractivity contribution in [3.8, 4) is 11.8 Å². The minimum Gasteiger partial charge on any atom is -0.395 e. The smallest absolute Gasteiger partial charge is 0.0771 e. The lowest BCUT2D eigenvalue weighted by molar-refractivity contribution is 0.112. The lowest BCUT2D eigenvalue weighted by Crippen LogP contribution is -2.36. The highest BCUT2D eigenvalue weighted by Gasteiger charge is 2.31. The molecule has 0 radical (unpaired) electrons. The third-order valence-corrected chi connectivity index (χ3v) is 4.92. The molecule has 0 spiro atoms. The first-order valence-corrected chi connectivity index (χ1v) is 8.47. The summed E-state index contributed by atoms with van der Waals surface area (Å²) in [4.78, 5) is 4.97. The van der Waals surface area contributed by atoms with Crippen molar-refractivity contribution < 1.29 is 9.84 Å². The van der Waals surface area contributed by atoms with E-state index in [0.717, 1.165) is 30.5 Å². The van der Waals surface area contributed by atoms with Crippen molar-refractivity contribution >= 4 is 11.3 Å². The second-order valence-electron chi connectivity index (χ2n) is 5.58. The van der Waals surface area contributed by atoms with Crippen LogP contribution in [0.15, 0.2) is 12.1 Å². The number of ether oxygens (including phenoxy) is 1. The maximum absolute atomic E-state index is 8.75. The molecule has 1 heterocycles. The molecule has 1 aliphatic rings. The summed E-state index contributed by atoms with van der Waals surface area (Å²) in [6.45, 7) is 5.22. The highest BCUT2D eigenvalue weighted by atomic mass is 32.1. The second kappa shape index (κ2) is 8.55. The summed E-state index contributed by atoms with van der Waals surface area (Å²) in [6.07, 6.45) is 3.28. The number of rotatable bonds is 8. The zero-order valence-electron chi connectivity index (χ0n) is 13.0. The van der Waals surface area contributed by atoms with Crippen LogP contribution in [0.25, 0.3) is 0 Å². The summed E-state index contributed by atoms with van der Waals surface area (Å²) in [5.41, 5.74) is 0. The normalized spacial score (nSPS) is 15.8. The minimum absolute atomic E-state index is 0.134. The summed E-state index contributed by atoms with van der Waals surface area (Å²) >= 11 is 1.76. The third-order valence-electron chi connectivity index (χ3n) is 3.93. The van der Waals surface area contributed by atoms with Gasteiger partial charge < -0.3 is 9.84 Å². The van der Waals surface area contributed by atoms with Crippen molar-refractivity contribution in [3.05, 3.63) is 21.9 Å². The molecule has 0 amide bonds. The maximum Gasteiger partial charge on any atom is 0.0771 e. The number of methoxy groups -OCH3 is 1. The van der Waals surface area contributed by atoms with Crippen LogP contribution in [0.3, 0.4) is 0 Å². The molecule has 1 aromatic heterocycles. The quantitative estimate of drug-likeness (QED) is 0.750. The van der Waals surface area contributed by atoms with E-state index in [1.54, 1.807) is 18.4 Å². The van der Waals surface area contributed by atoms with Crippen LogP contribution in [-0.2, 0) is 11.3 Å². The second-order valence-corrected chi connectivity index (χ2v) is 6.75. The summed E-state index contributed by atoms with van der Waals surface area (Å²) in [7, 11) is 1.76. The van der Waals surface area contributed by atoms with Crippen LogP contribution in [-0.4, -0.2) is 42.9 Å². The van der Waals surface area contributed by atoms with Crippen molar-refractivity contribution in [2.45, 2.75) is 38.8 Å². The fraction of sp³-hybridized carbons (Fsp3) is 0.647. The lowest BCUT2D eigenvalue weighted by atomic mass is 10.2. The summed E-state index contributed by atoms with van der Waals surface area (Å²) < 4.78 is 5.25. The van der Waals surface area contributed by atoms with Gasteiger partial charge in [0.25, 0.3) is 0 Å². The van der Waals surface area contributed by atoms with Crippen molar-refractivity contribution in [3.63, 3.8) is 0 Å². The molecular weight excluding hydrogens is 282 g/mol. The number of hydrogen-bond donors (Lipinski definition) is 1. The minimum atomic E-state index is 0.134. The van der Waals surface area contributed by atoms with Gasteiger partial charge in [-0.05, 0) is 37.8 Å². The zero-order chi connectivity index (χ0) is 15.1. The van der Waals surface area contributed by atoms with Gasteiger partial charge in [-0.2, -0.15) is 0 Å². The Labute approximate surface area is 131 Å². The predicted octanol–water partition coefficient (Wildman–Crippen LogP) is 2.73. The molecule has 0 aromatic carbocycles. The third kappa shape index (κ3) is 5.44. The van der Waals surface area contributed by atoms with Crippen LogP contribution in [0.1, 0.15) is 35.9 Å². The summed E-state index contributed by atoms with van der Waals surface area (Å²) in [5.74, 6) is 6.96. The van der Waals surface area contributed by atoms with Crippen molar-refractivity contribution in [1.29, 1.82) is 0 Å². The Kier molecular flexibility index (Phi) is 6.72. The van der Waals surface area contributed by atoms with Gasteiger partial charge in [0.15, 0.2) is 0 Å². The average molecular weight is 307 g/mol. The maximum atomic E-state index is 8.75. The van der Waals surface area contributed by atoms with E-state index in [2.05, 4.69) is 35.8 Å². The van der Waals surface area contributed by atoms with E-state index < -0.39 is 0 Å². The van der Waals surface area contributed by atoms with Gasteiger partial charge in [-0.25, -0.2) is 0 Å². The molecule has 0 aliphatic heterocycles. The van der Waals surface area contributed by atoms with Gasteiger partial charge in [0.05, 0.1) is 18.1 Å². The van der Waals surface area contributed by atoms with Crippen LogP contribution >= 0.6 is 11.3 Å². The van der Waals surface area contributed by atoms with Gasteiger partial charge in [-0.15, -0.1) is 11.3 Å². The van der Waals surface area contributed by atoms with Crippen molar-refractivity contribution in [2.75, 3.05) is 26.9 Å². The SMILES string of the molecule is COCCN(Cc1ccc(C#CCCO)s1)C(C)C1CC1. The summed E-state index contributed by atoms with van der Waals surface area (Å²) in [5, 5.41) is 8.75. The Hall–Kier alpha value is -0.860. The molecule has 1 N–H and O–H groups in total. The largest absolute Gasteiger partial charge is 0.395 e. The van der Waals surface area contributed by atoms with Crippen molar-refractivity contribution in [1.82, 2.24) is 4.90 Å². The van der Waals surface area contributed by atoms with Crippen LogP contribution in [0.2, 0.25) is 0 Å². The molecule has 1 aliphatic carbocycles. The standard InChI is InChI=1S/C17H25NO2S/c1-14(15-6-7-15)18(10-12-20-2)13-17-9-8-16(21-17)5-3-4-11-19/h8-9,14-15,19H,4,6-7,10-13H2,1-2H3. The number of aliphatic hydroxyl groups excluding tert-OH is 1. The predicted molar refractivity (Wildman–Crippen MR) is 87.4 cm³/mol. The molecule has 1 saturated carbocycles. The van der Waals surface area contributed by atoms with E-state index in [1.807, 2.05) is 0 Å². The molecular formula is C17H25NO2S. The Morgan fingerprint density at radius 3 is 2.95 bits per heavy atom. The van der Waals surface area contributed by atoms with E-state index in [0.29, 0.717) is 12.5 Å². The first-order chi connectivity index (χ1) is 10.2. The lowest BCUT2D eigenvalue weighted by Gasteiger charge is -2.28. The van der Waals surface area contributed by atoms with Gasteiger partial charge in [-0.3, -0.25) is 4.90 Å². The summed E-state index contributed by atoms with van der Waals surface area (Å²) in [6, 6.07) is 4.89. The molecule has 0 saturated heterocycles. The van der Waals surface area contributed by atoms with Gasteiger partial charge in [-0.1, -0.05) is 11.8 Å². The highest BCUT2D eigenvalue weighted by molar-refractivity contribution is 7.12. The Morgan fingerprint density at radius 1 is 1.48 bits per heavy atom. The first kappa shape index (κ1) is 16.5. The number of thiophene rings is 1. The fourth-order valence-electron chi connectivity index (χ4n) is 2.45. The van der Waals surface area contributed by atoms with Gasteiger partial charge >= 0.3 is 0 Å². The average Bonchev–Trinajstić information content (AvgIpc) is 3.24. The van der Waals surface area contributed by atoms with Crippen LogP contribution in [0.5, 0.6) is 0 Å². The van der Waals surface area contributed by atoms with E-state index in [4.69, 9.17) is 9.84 Å². The molecule has 3 nitrogen and oxygen atoms in total. The molecule has 1 atom stereocenters. The van der Waals surface area contributed by atoms with Gasteiger partial charge in [0.2, 0.25) is 0 Å². The molecule has 1 unspecified atom stereocenters. The fourth-order valence-corrected chi connectivity index (χ4v) is 3.36. The molecule has 21 heavy (non-hydrogen) atoms. The number of aliphatic hydroxyl groups is 1. The Morgan fingerprint density at radius 2 is 2.29 bits per heavy atom. The van der Waals surface area contributed by atoms with Crippen LogP contribution in [0, 0.1) is 17.8 Å². The molecule has 0 bridgehead atoms. The van der Waals surface area contributed by atoms with Crippen molar-refractivity contribution in [2.24, 2.45) is 5.92 Å². The highest BCUT2D eigenvalue weighted by Crippen LogP contribution is 2.35. The van der Waals surface area contributed by atoms with Gasteiger partial charge in [0, 0.05) is 37.5 Å². The van der Waals surface area contributed by atoms with E-state index in [-0.39, 0.29) is 6.61 Å². The molecule has 1 fully saturated rings. The van der Waals surface area contributed by atoms with E-state index in [1.165, 1.54) is 17.7 Å². The van der Waals surface area contributed by atoms with Crippen LogP contribution in [0.4, 0.5) is 0 Å². The number of nitrogens with zero attached hydrogens (tertiary/aromatic N) is 1. The molecule has 1 aromatic rings. The first-order valence-electron chi connectivity index (χ1n) is 7.66. The Balaban J connectivity index is 1.94. The number of hydrogen-bond acceptors (Lipinski definition) is 4. The topological polar surface area (TPSA) is 32.7 Å². The monoisotopic (exact) mass is 307 g/mol. The Bertz CT molecular complexity index is 484. The molecule has 116 valence electrons. The van der Waals surface area contributed by atoms with E-state index in [9.17, 15) is 0 Å². The zero-order valence-corrected chi connectivity index (χ0v) is 13.8.